The highest BCUT2D eigenvalue weighted by Gasteiger charge is 2.14. The molecule has 1 aromatic heterocycles. The zero-order valence-electron chi connectivity index (χ0n) is 13.7. The molecule has 0 spiro atoms. The fourth-order valence-corrected chi connectivity index (χ4v) is 2.21. The minimum atomic E-state index is -0.622. The highest BCUT2D eigenvalue weighted by molar-refractivity contribution is 6.31. The zero-order chi connectivity index (χ0) is 17.5. The number of aromatic nitrogens is 2. The number of nitrogens with zero attached hydrogens (tertiary/aromatic N) is 2. The van der Waals surface area contributed by atoms with Crippen molar-refractivity contribution < 1.29 is 9.53 Å². The van der Waals surface area contributed by atoms with E-state index >= 15 is 0 Å². The maximum absolute atomic E-state index is 12.0. The third-order valence-corrected chi connectivity index (χ3v) is 3.87. The van der Waals surface area contributed by atoms with Crippen LogP contribution in [0.15, 0.2) is 41.3 Å². The first kappa shape index (κ1) is 18.0. The van der Waals surface area contributed by atoms with Gasteiger partial charge in [0, 0.05) is 30.4 Å². The molecular formula is C17H20ClN3O3. The molecule has 0 saturated carbocycles. The molecule has 7 heteroatoms. The second-order valence-electron chi connectivity index (χ2n) is 5.40. The summed E-state index contributed by atoms with van der Waals surface area (Å²) in [6.07, 6.45) is 1.54. The minimum Gasteiger partial charge on any atom is -0.481 e. The van der Waals surface area contributed by atoms with Crippen LogP contribution in [0, 0.1) is 6.92 Å². The van der Waals surface area contributed by atoms with E-state index in [0.29, 0.717) is 30.3 Å². The van der Waals surface area contributed by atoms with Gasteiger partial charge >= 0.3 is 0 Å². The fraction of sp³-hybridized carbons (Fsp3) is 0.353. The number of benzene rings is 1. The van der Waals surface area contributed by atoms with Crippen LogP contribution in [0.3, 0.4) is 0 Å². The number of halogens is 1. The van der Waals surface area contributed by atoms with Crippen LogP contribution in [-0.4, -0.2) is 28.3 Å². The zero-order valence-corrected chi connectivity index (χ0v) is 14.4. The average Bonchev–Trinajstić information content (AvgIpc) is 2.56. The second-order valence-corrected chi connectivity index (χ2v) is 5.81. The lowest BCUT2D eigenvalue weighted by molar-refractivity contribution is -0.127. The lowest BCUT2D eigenvalue weighted by Gasteiger charge is -2.15. The Hall–Kier alpha value is -2.34. The summed E-state index contributed by atoms with van der Waals surface area (Å²) in [7, 11) is 0. The van der Waals surface area contributed by atoms with E-state index in [-0.39, 0.29) is 11.5 Å². The van der Waals surface area contributed by atoms with Crippen LogP contribution in [0.2, 0.25) is 5.02 Å². The third kappa shape index (κ3) is 5.09. The maximum atomic E-state index is 12.0. The van der Waals surface area contributed by atoms with Crippen molar-refractivity contribution in [2.45, 2.75) is 32.9 Å². The Labute approximate surface area is 145 Å². The summed E-state index contributed by atoms with van der Waals surface area (Å²) in [4.78, 5) is 23.5. The molecule has 128 valence electrons. The van der Waals surface area contributed by atoms with Crippen LogP contribution in [0.25, 0.3) is 0 Å². The first-order valence-electron chi connectivity index (χ1n) is 7.70. The number of aryl methyl sites for hydroxylation is 2. The van der Waals surface area contributed by atoms with Gasteiger partial charge in [-0.05, 0) is 50.1 Å². The lowest BCUT2D eigenvalue weighted by Crippen LogP contribution is -2.37. The van der Waals surface area contributed by atoms with E-state index < -0.39 is 6.10 Å². The lowest BCUT2D eigenvalue weighted by atomic mass is 10.2. The summed E-state index contributed by atoms with van der Waals surface area (Å²) >= 11 is 5.96. The molecule has 2 rings (SSSR count). The van der Waals surface area contributed by atoms with Gasteiger partial charge in [0.15, 0.2) is 6.10 Å². The number of rotatable bonds is 7. The molecule has 0 saturated heterocycles. The Kier molecular flexibility index (Phi) is 6.37. The molecule has 0 radical (unpaired) electrons. The van der Waals surface area contributed by atoms with Gasteiger partial charge in [-0.15, -0.1) is 0 Å². The van der Waals surface area contributed by atoms with E-state index in [9.17, 15) is 9.59 Å². The first-order valence-corrected chi connectivity index (χ1v) is 8.08. The second kappa shape index (κ2) is 8.49. The van der Waals surface area contributed by atoms with Crippen LogP contribution < -0.4 is 15.6 Å². The van der Waals surface area contributed by atoms with Crippen molar-refractivity contribution in [1.29, 1.82) is 0 Å². The first-order chi connectivity index (χ1) is 11.5. The number of amides is 1. The SMILES string of the molecule is Cc1cc(OC(C)C(=O)NCCCn2ncccc2=O)ccc1Cl. The molecule has 0 aliphatic rings. The molecule has 6 nitrogen and oxygen atoms in total. The number of hydrogen-bond acceptors (Lipinski definition) is 4. The third-order valence-electron chi connectivity index (χ3n) is 3.44. The minimum absolute atomic E-state index is 0.154. The van der Waals surface area contributed by atoms with Crippen molar-refractivity contribution in [3.63, 3.8) is 0 Å². The van der Waals surface area contributed by atoms with E-state index in [1.54, 1.807) is 37.4 Å². The Balaban J connectivity index is 1.76. The Morgan fingerprint density at radius 2 is 2.21 bits per heavy atom. The van der Waals surface area contributed by atoms with Gasteiger partial charge in [0.25, 0.3) is 11.5 Å². The van der Waals surface area contributed by atoms with Gasteiger partial charge in [-0.3, -0.25) is 9.59 Å². The smallest absolute Gasteiger partial charge is 0.266 e. The molecular weight excluding hydrogens is 330 g/mol. The number of carbonyl (C=O) groups excluding carboxylic acids is 1. The molecule has 1 aromatic carbocycles. The van der Waals surface area contributed by atoms with E-state index in [1.807, 2.05) is 6.92 Å². The van der Waals surface area contributed by atoms with Gasteiger partial charge < -0.3 is 10.1 Å². The molecule has 1 amide bonds. The number of ether oxygens (including phenoxy) is 1. The summed E-state index contributed by atoms with van der Waals surface area (Å²) in [5, 5.41) is 7.40. The highest BCUT2D eigenvalue weighted by Crippen LogP contribution is 2.21. The molecule has 24 heavy (non-hydrogen) atoms. The normalized spacial score (nSPS) is 11.8. The van der Waals surface area contributed by atoms with Crippen LogP contribution >= 0.6 is 11.6 Å². The molecule has 0 aliphatic carbocycles. The summed E-state index contributed by atoms with van der Waals surface area (Å²) in [5.74, 6) is 0.385. The van der Waals surface area contributed by atoms with E-state index in [1.165, 1.54) is 10.7 Å². The Morgan fingerprint density at radius 1 is 1.42 bits per heavy atom. The fourth-order valence-electron chi connectivity index (χ4n) is 2.09. The van der Waals surface area contributed by atoms with Crippen molar-refractivity contribution in [1.82, 2.24) is 15.1 Å². The molecule has 0 fully saturated rings. The van der Waals surface area contributed by atoms with Crippen LogP contribution in [0.4, 0.5) is 0 Å². The van der Waals surface area contributed by atoms with E-state index in [0.717, 1.165) is 5.56 Å². The topological polar surface area (TPSA) is 73.2 Å². The largest absolute Gasteiger partial charge is 0.481 e. The van der Waals surface area contributed by atoms with Gasteiger partial charge in [-0.1, -0.05) is 11.6 Å². The highest BCUT2D eigenvalue weighted by atomic mass is 35.5. The molecule has 0 bridgehead atoms. The van der Waals surface area contributed by atoms with Gasteiger partial charge in [0.05, 0.1) is 0 Å². The molecule has 1 atom stereocenters. The quantitative estimate of drug-likeness (QED) is 0.777. The van der Waals surface area contributed by atoms with Gasteiger partial charge in [-0.25, -0.2) is 4.68 Å². The van der Waals surface area contributed by atoms with Gasteiger partial charge in [0.2, 0.25) is 0 Å². The monoisotopic (exact) mass is 349 g/mol. The summed E-state index contributed by atoms with van der Waals surface area (Å²) in [6, 6.07) is 8.31. The number of carbonyl (C=O) groups is 1. The Bertz CT molecular complexity index is 761. The average molecular weight is 350 g/mol. The van der Waals surface area contributed by atoms with Crippen molar-refractivity contribution >= 4 is 17.5 Å². The standard InChI is InChI=1S/C17H20ClN3O3/c1-12-11-14(6-7-15(12)18)24-13(2)17(23)19-8-4-10-21-16(22)5-3-9-20-21/h3,5-7,9,11,13H,4,8,10H2,1-2H3,(H,19,23). The Morgan fingerprint density at radius 3 is 2.92 bits per heavy atom. The van der Waals surface area contributed by atoms with Gasteiger partial charge in [0.1, 0.15) is 5.75 Å². The molecule has 0 aliphatic heterocycles. The van der Waals surface area contributed by atoms with Crippen LogP contribution in [0.5, 0.6) is 5.75 Å². The predicted molar refractivity (Wildman–Crippen MR) is 92.4 cm³/mol. The molecule has 2 aromatic rings. The molecule has 1 unspecified atom stereocenters. The summed E-state index contributed by atoms with van der Waals surface area (Å²) in [6.45, 7) is 4.45. The predicted octanol–water partition coefficient (Wildman–Crippen LogP) is 2.18. The van der Waals surface area contributed by atoms with Crippen molar-refractivity contribution in [2.75, 3.05) is 6.54 Å². The number of nitrogens with one attached hydrogen (secondary N) is 1. The summed E-state index contributed by atoms with van der Waals surface area (Å²) in [5.41, 5.74) is 0.737. The molecule has 1 heterocycles. The van der Waals surface area contributed by atoms with Crippen LogP contribution in [0.1, 0.15) is 18.9 Å². The maximum Gasteiger partial charge on any atom is 0.266 e. The van der Waals surface area contributed by atoms with Crippen molar-refractivity contribution in [3.05, 3.63) is 57.5 Å². The van der Waals surface area contributed by atoms with Crippen molar-refractivity contribution in [3.8, 4) is 5.75 Å². The van der Waals surface area contributed by atoms with Crippen molar-refractivity contribution in [2.24, 2.45) is 0 Å². The van der Waals surface area contributed by atoms with E-state index in [4.69, 9.17) is 16.3 Å². The van der Waals surface area contributed by atoms with E-state index in [2.05, 4.69) is 10.4 Å². The summed E-state index contributed by atoms with van der Waals surface area (Å²) < 4.78 is 6.97. The molecule has 1 N–H and O–H groups in total. The number of hydrogen-bond donors (Lipinski definition) is 1. The van der Waals surface area contributed by atoms with Crippen LogP contribution in [-0.2, 0) is 11.3 Å². The van der Waals surface area contributed by atoms with Gasteiger partial charge in [-0.2, -0.15) is 5.10 Å².